The van der Waals surface area contributed by atoms with E-state index in [4.69, 9.17) is 0 Å². The molecule has 8 nitrogen and oxygen atoms in total. The van der Waals surface area contributed by atoms with Gasteiger partial charge in [-0.15, -0.1) is 0 Å². The van der Waals surface area contributed by atoms with Crippen LogP contribution in [0.3, 0.4) is 0 Å². The first-order valence-corrected chi connectivity index (χ1v) is 12.2. The molecule has 0 radical (unpaired) electrons. The molecule has 1 fully saturated rings. The molecule has 0 aliphatic carbocycles. The first-order valence-electron chi connectivity index (χ1n) is 12.2. The number of aliphatic hydroxyl groups excluding tert-OH is 1. The van der Waals surface area contributed by atoms with E-state index in [2.05, 4.69) is 41.4 Å². The Labute approximate surface area is 211 Å². The van der Waals surface area contributed by atoms with Crippen LogP contribution >= 0.6 is 0 Å². The number of pyridine rings is 2. The first-order chi connectivity index (χ1) is 17.2. The van der Waals surface area contributed by atoms with Crippen LogP contribution in [-0.2, 0) is 21.5 Å². The summed E-state index contributed by atoms with van der Waals surface area (Å²) in [7, 11) is 0. The molecule has 1 aromatic carbocycles. The summed E-state index contributed by atoms with van der Waals surface area (Å²) in [6, 6.07) is 13.4. The number of amides is 2. The standard InChI is InChI=1S/C28H33N5O3/c1-28(2,3)21-8-10-22(11-9-21)33(27(36)24-14-23(34)18-31-24)25(20-7-5-13-30-17-20)26(35)32-16-19-6-4-12-29-15-19/h4-13,15,17,23-25,31,34H,14,16,18H2,1-3H3,(H,32,35). The first kappa shape index (κ1) is 25.5. The molecule has 0 spiro atoms. The minimum Gasteiger partial charge on any atom is -0.392 e. The summed E-state index contributed by atoms with van der Waals surface area (Å²) in [6.07, 6.45) is 6.28. The maximum atomic E-state index is 13.9. The fraction of sp³-hybridized carbons (Fsp3) is 0.357. The Kier molecular flexibility index (Phi) is 7.76. The van der Waals surface area contributed by atoms with Crippen LogP contribution in [0, 0.1) is 0 Å². The lowest BCUT2D eigenvalue weighted by molar-refractivity contribution is -0.127. The van der Waals surface area contributed by atoms with Crippen LogP contribution < -0.4 is 15.5 Å². The van der Waals surface area contributed by atoms with Crippen LogP contribution in [0.1, 0.15) is 49.9 Å². The van der Waals surface area contributed by atoms with Crippen molar-refractivity contribution in [2.24, 2.45) is 0 Å². The number of benzene rings is 1. The molecule has 3 atom stereocenters. The van der Waals surface area contributed by atoms with Crippen molar-refractivity contribution in [1.82, 2.24) is 20.6 Å². The van der Waals surface area contributed by atoms with Gasteiger partial charge in [-0.1, -0.05) is 45.0 Å². The summed E-state index contributed by atoms with van der Waals surface area (Å²) in [4.78, 5) is 37.5. The highest BCUT2D eigenvalue weighted by molar-refractivity contribution is 6.03. The minimum absolute atomic E-state index is 0.0612. The van der Waals surface area contributed by atoms with Gasteiger partial charge in [-0.2, -0.15) is 0 Å². The van der Waals surface area contributed by atoms with E-state index in [-0.39, 0.29) is 30.2 Å². The van der Waals surface area contributed by atoms with E-state index in [9.17, 15) is 14.7 Å². The molecule has 1 aliphatic heterocycles. The molecule has 1 saturated heterocycles. The summed E-state index contributed by atoms with van der Waals surface area (Å²) in [5, 5.41) is 16.1. The summed E-state index contributed by atoms with van der Waals surface area (Å²) >= 11 is 0. The Morgan fingerprint density at radius 1 is 1.08 bits per heavy atom. The van der Waals surface area contributed by atoms with Crippen molar-refractivity contribution in [3.8, 4) is 0 Å². The van der Waals surface area contributed by atoms with E-state index in [0.29, 0.717) is 17.8 Å². The summed E-state index contributed by atoms with van der Waals surface area (Å²) < 4.78 is 0. The Morgan fingerprint density at radius 3 is 2.33 bits per heavy atom. The summed E-state index contributed by atoms with van der Waals surface area (Å²) in [5.41, 5.74) is 3.10. The van der Waals surface area contributed by atoms with Gasteiger partial charge in [0.05, 0.1) is 12.1 Å². The third kappa shape index (κ3) is 5.95. The number of hydrogen-bond donors (Lipinski definition) is 3. The van der Waals surface area contributed by atoms with E-state index >= 15 is 0 Å². The van der Waals surface area contributed by atoms with Gasteiger partial charge in [-0.05, 0) is 47.2 Å². The lowest BCUT2D eigenvalue weighted by atomic mass is 9.87. The summed E-state index contributed by atoms with van der Waals surface area (Å²) in [5.74, 6) is -0.612. The molecule has 4 rings (SSSR count). The monoisotopic (exact) mass is 487 g/mol. The van der Waals surface area contributed by atoms with Crippen LogP contribution in [0.25, 0.3) is 0 Å². The average molecular weight is 488 g/mol. The molecule has 3 aromatic rings. The molecule has 1 aliphatic rings. The number of β-amino-alcohol motifs (C(OH)–C–C–N with tert-alkyl or cyclic N) is 1. The van der Waals surface area contributed by atoms with E-state index in [1.807, 2.05) is 36.4 Å². The molecule has 0 bridgehead atoms. The van der Waals surface area contributed by atoms with Crippen molar-refractivity contribution in [1.29, 1.82) is 0 Å². The second-order valence-corrected chi connectivity index (χ2v) is 10.1. The van der Waals surface area contributed by atoms with Crippen LogP contribution in [0.4, 0.5) is 5.69 Å². The van der Waals surface area contributed by atoms with Gasteiger partial charge < -0.3 is 15.7 Å². The van der Waals surface area contributed by atoms with E-state index in [1.165, 1.54) is 4.90 Å². The molecule has 36 heavy (non-hydrogen) atoms. The van der Waals surface area contributed by atoms with Crippen molar-refractivity contribution in [3.63, 3.8) is 0 Å². The van der Waals surface area contributed by atoms with Gasteiger partial charge in [-0.25, -0.2) is 0 Å². The molecule has 8 heteroatoms. The second kappa shape index (κ2) is 11.0. The van der Waals surface area contributed by atoms with Gasteiger partial charge >= 0.3 is 0 Å². The number of rotatable bonds is 7. The molecule has 3 heterocycles. The van der Waals surface area contributed by atoms with Gasteiger partial charge in [0.15, 0.2) is 0 Å². The number of aromatic nitrogens is 2. The molecule has 3 unspecified atom stereocenters. The van der Waals surface area contributed by atoms with Crippen molar-refractivity contribution >= 4 is 17.5 Å². The Balaban J connectivity index is 1.73. The number of nitrogens with one attached hydrogen (secondary N) is 2. The van der Waals surface area contributed by atoms with Crippen LogP contribution in [0.2, 0.25) is 0 Å². The van der Waals surface area contributed by atoms with Gasteiger partial charge in [0.2, 0.25) is 11.8 Å². The topological polar surface area (TPSA) is 107 Å². The van der Waals surface area contributed by atoms with Gasteiger partial charge in [0.25, 0.3) is 0 Å². The third-order valence-corrected chi connectivity index (χ3v) is 6.35. The molecule has 0 saturated carbocycles. The smallest absolute Gasteiger partial charge is 0.248 e. The SMILES string of the molecule is CC(C)(C)c1ccc(N(C(=O)C2CC(O)CN2)C(C(=O)NCc2cccnc2)c2cccnc2)cc1. The summed E-state index contributed by atoms with van der Waals surface area (Å²) in [6.45, 7) is 6.98. The van der Waals surface area contributed by atoms with Crippen molar-refractivity contribution < 1.29 is 14.7 Å². The van der Waals surface area contributed by atoms with Crippen LogP contribution in [0.5, 0.6) is 0 Å². The zero-order valence-electron chi connectivity index (χ0n) is 20.9. The minimum atomic E-state index is -0.956. The van der Waals surface area contributed by atoms with Crippen LogP contribution in [-0.4, -0.2) is 45.6 Å². The fourth-order valence-corrected chi connectivity index (χ4v) is 4.34. The molecular formula is C28H33N5O3. The number of carbonyl (C=O) groups is 2. The van der Waals surface area contributed by atoms with Crippen molar-refractivity contribution in [2.45, 2.75) is 57.3 Å². The van der Waals surface area contributed by atoms with Gasteiger partial charge in [0, 0.05) is 49.1 Å². The highest BCUT2D eigenvalue weighted by Crippen LogP contribution is 2.32. The third-order valence-electron chi connectivity index (χ3n) is 6.35. The lowest BCUT2D eigenvalue weighted by Crippen LogP contribution is -2.50. The van der Waals surface area contributed by atoms with Crippen molar-refractivity contribution in [2.75, 3.05) is 11.4 Å². The van der Waals surface area contributed by atoms with E-state index in [1.54, 1.807) is 36.9 Å². The lowest BCUT2D eigenvalue weighted by Gasteiger charge is -2.33. The molecule has 2 aromatic heterocycles. The van der Waals surface area contributed by atoms with Gasteiger partial charge in [-0.3, -0.25) is 24.5 Å². The molecule has 188 valence electrons. The normalized spacial score (nSPS) is 18.4. The number of carbonyl (C=O) groups excluding carboxylic acids is 2. The zero-order chi connectivity index (χ0) is 25.7. The quantitative estimate of drug-likeness (QED) is 0.473. The second-order valence-electron chi connectivity index (χ2n) is 10.1. The van der Waals surface area contributed by atoms with Crippen LogP contribution in [0.15, 0.2) is 73.3 Å². The molecule has 2 amide bonds. The Bertz CT molecular complexity index is 1160. The fourth-order valence-electron chi connectivity index (χ4n) is 4.34. The highest BCUT2D eigenvalue weighted by Gasteiger charge is 2.39. The zero-order valence-corrected chi connectivity index (χ0v) is 20.9. The number of aliphatic hydroxyl groups is 1. The maximum Gasteiger partial charge on any atom is 0.248 e. The number of anilines is 1. The van der Waals surface area contributed by atoms with E-state index < -0.39 is 18.2 Å². The predicted molar refractivity (Wildman–Crippen MR) is 138 cm³/mol. The molecular weight excluding hydrogens is 454 g/mol. The van der Waals surface area contributed by atoms with E-state index in [0.717, 1.165) is 11.1 Å². The maximum absolute atomic E-state index is 13.9. The molecule has 3 N–H and O–H groups in total. The van der Waals surface area contributed by atoms with Gasteiger partial charge in [0.1, 0.15) is 6.04 Å². The highest BCUT2D eigenvalue weighted by atomic mass is 16.3. The predicted octanol–water partition coefficient (Wildman–Crippen LogP) is 2.89. The average Bonchev–Trinajstić information content (AvgIpc) is 3.32. The largest absolute Gasteiger partial charge is 0.392 e. The number of nitrogens with zero attached hydrogens (tertiary/aromatic N) is 3. The number of hydrogen-bond acceptors (Lipinski definition) is 6. The Morgan fingerprint density at radius 2 is 1.78 bits per heavy atom. The Hall–Kier alpha value is -3.62. The van der Waals surface area contributed by atoms with Crippen molar-refractivity contribution in [3.05, 3.63) is 90.0 Å².